The third kappa shape index (κ3) is 1.50. The number of hydrogen-bond donors (Lipinski definition) is 0. The number of fused-ring (bicyclic) bond motifs is 5. The molecule has 0 bridgehead atoms. The topological polar surface area (TPSA) is 69.0 Å². The van der Waals surface area contributed by atoms with Gasteiger partial charge in [-0.05, 0) is 24.3 Å². The van der Waals surface area contributed by atoms with Crippen molar-refractivity contribution >= 4 is 27.5 Å². The quantitative estimate of drug-likeness (QED) is 0.397. The predicted molar refractivity (Wildman–Crippen MR) is 78.8 cm³/mol. The standard InChI is InChI=1S/C15H9N3O3/c19-15-12-3-1-2-4-14(12)17-13-6-5-11(18(20)21)9-10(13)7-8-16(15)17/h1-9H. The van der Waals surface area contributed by atoms with Crippen molar-refractivity contribution in [2.45, 2.75) is 0 Å². The average molecular weight is 279 g/mol. The van der Waals surface area contributed by atoms with Crippen LogP contribution in [0.5, 0.6) is 0 Å². The van der Waals surface area contributed by atoms with Crippen molar-refractivity contribution in [3.8, 4) is 0 Å². The van der Waals surface area contributed by atoms with Crippen LogP contribution in [0, 0.1) is 10.1 Å². The summed E-state index contributed by atoms with van der Waals surface area (Å²) in [5.41, 5.74) is 1.46. The number of rotatable bonds is 1. The molecule has 2 aromatic heterocycles. The third-order valence-electron chi connectivity index (χ3n) is 3.63. The van der Waals surface area contributed by atoms with Gasteiger partial charge in [0.1, 0.15) is 0 Å². The van der Waals surface area contributed by atoms with Crippen LogP contribution in [0.25, 0.3) is 21.8 Å². The van der Waals surface area contributed by atoms with Gasteiger partial charge in [0.25, 0.3) is 11.2 Å². The van der Waals surface area contributed by atoms with Crippen LogP contribution in [-0.4, -0.2) is 14.0 Å². The maximum Gasteiger partial charge on any atom is 0.279 e. The van der Waals surface area contributed by atoms with Crippen LogP contribution in [0.3, 0.4) is 0 Å². The van der Waals surface area contributed by atoms with Crippen molar-refractivity contribution in [1.82, 2.24) is 9.03 Å². The van der Waals surface area contributed by atoms with Crippen LogP contribution in [-0.2, 0) is 0 Å². The first-order chi connectivity index (χ1) is 10.2. The molecule has 102 valence electrons. The van der Waals surface area contributed by atoms with Crippen molar-refractivity contribution in [2.24, 2.45) is 0 Å². The summed E-state index contributed by atoms with van der Waals surface area (Å²) in [5.74, 6) is 0. The second-order valence-corrected chi connectivity index (χ2v) is 4.79. The lowest BCUT2D eigenvalue weighted by atomic mass is 10.2. The SMILES string of the molecule is O=c1c2ccccc2n2c3ccc([N+](=O)[O-])cc3ccn12. The first-order valence-corrected chi connectivity index (χ1v) is 6.36. The fraction of sp³-hybridized carbons (Fsp3) is 0. The van der Waals surface area contributed by atoms with Crippen LogP contribution < -0.4 is 5.56 Å². The third-order valence-corrected chi connectivity index (χ3v) is 3.63. The molecule has 6 nitrogen and oxygen atoms in total. The number of hydrogen-bond acceptors (Lipinski definition) is 3. The highest BCUT2D eigenvalue weighted by Crippen LogP contribution is 2.22. The van der Waals surface area contributed by atoms with Crippen molar-refractivity contribution in [2.75, 3.05) is 0 Å². The summed E-state index contributed by atoms with van der Waals surface area (Å²) < 4.78 is 3.29. The molecule has 21 heavy (non-hydrogen) atoms. The molecule has 0 N–H and O–H groups in total. The summed E-state index contributed by atoms with van der Waals surface area (Å²) in [6.07, 6.45) is 1.63. The van der Waals surface area contributed by atoms with E-state index in [2.05, 4.69) is 0 Å². The number of benzene rings is 2. The number of non-ortho nitro benzene ring substituents is 1. The number of aromatic nitrogens is 2. The number of nitro benzene ring substituents is 1. The second-order valence-electron chi connectivity index (χ2n) is 4.79. The molecule has 0 saturated carbocycles. The van der Waals surface area contributed by atoms with E-state index in [0.717, 1.165) is 11.0 Å². The number of para-hydroxylation sites is 1. The molecule has 0 aliphatic heterocycles. The van der Waals surface area contributed by atoms with Gasteiger partial charge >= 0.3 is 0 Å². The van der Waals surface area contributed by atoms with E-state index < -0.39 is 4.92 Å². The Morgan fingerprint density at radius 2 is 1.81 bits per heavy atom. The van der Waals surface area contributed by atoms with Gasteiger partial charge in [0, 0.05) is 23.7 Å². The van der Waals surface area contributed by atoms with E-state index in [1.807, 2.05) is 18.2 Å². The molecule has 0 saturated heterocycles. The summed E-state index contributed by atoms with van der Waals surface area (Å²) in [7, 11) is 0. The summed E-state index contributed by atoms with van der Waals surface area (Å²) in [6.45, 7) is 0. The Bertz CT molecular complexity index is 1090. The molecule has 0 aliphatic carbocycles. The van der Waals surface area contributed by atoms with Crippen molar-refractivity contribution in [3.63, 3.8) is 0 Å². The van der Waals surface area contributed by atoms with E-state index in [0.29, 0.717) is 10.8 Å². The molecule has 4 aromatic rings. The monoisotopic (exact) mass is 279 g/mol. The minimum atomic E-state index is -0.427. The van der Waals surface area contributed by atoms with E-state index in [1.54, 1.807) is 28.9 Å². The van der Waals surface area contributed by atoms with Gasteiger partial charge in [-0.15, -0.1) is 0 Å². The van der Waals surface area contributed by atoms with Crippen LogP contribution in [0.1, 0.15) is 0 Å². The highest BCUT2D eigenvalue weighted by molar-refractivity contribution is 5.87. The molecule has 0 spiro atoms. The van der Waals surface area contributed by atoms with Crippen LogP contribution in [0.4, 0.5) is 5.69 Å². The molecular formula is C15H9N3O3. The van der Waals surface area contributed by atoms with Crippen molar-refractivity contribution in [3.05, 3.63) is 75.2 Å². The first kappa shape index (κ1) is 11.7. The predicted octanol–water partition coefficient (Wildman–Crippen LogP) is 2.61. The average Bonchev–Trinajstić information content (AvgIpc) is 2.80. The van der Waals surface area contributed by atoms with Gasteiger partial charge in [-0.2, -0.15) is 0 Å². The van der Waals surface area contributed by atoms with Crippen molar-refractivity contribution < 1.29 is 4.92 Å². The first-order valence-electron chi connectivity index (χ1n) is 6.36. The van der Waals surface area contributed by atoms with Gasteiger partial charge in [0.15, 0.2) is 0 Å². The second kappa shape index (κ2) is 3.92. The minimum absolute atomic E-state index is 0.0330. The van der Waals surface area contributed by atoms with Gasteiger partial charge < -0.3 is 0 Å². The Morgan fingerprint density at radius 1 is 1.00 bits per heavy atom. The highest BCUT2D eigenvalue weighted by Gasteiger charge is 2.12. The summed E-state index contributed by atoms with van der Waals surface area (Å²) in [4.78, 5) is 22.8. The Morgan fingerprint density at radius 3 is 2.62 bits per heavy atom. The molecule has 0 unspecified atom stereocenters. The molecule has 0 aliphatic rings. The molecule has 2 heterocycles. The van der Waals surface area contributed by atoms with E-state index in [4.69, 9.17) is 0 Å². The van der Waals surface area contributed by atoms with E-state index >= 15 is 0 Å². The van der Waals surface area contributed by atoms with Crippen LogP contribution in [0.15, 0.2) is 59.5 Å². The normalized spacial score (nSPS) is 11.4. The van der Waals surface area contributed by atoms with Crippen molar-refractivity contribution in [1.29, 1.82) is 0 Å². The fourth-order valence-electron chi connectivity index (χ4n) is 2.68. The minimum Gasteiger partial charge on any atom is -0.267 e. The lowest BCUT2D eigenvalue weighted by Crippen LogP contribution is -2.11. The zero-order valence-corrected chi connectivity index (χ0v) is 10.8. The number of nitro groups is 1. The number of nitrogens with zero attached hydrogens (tertiary/aromatic N) is 3. The molecule has 4 rings (SSSR count). The molecule has 2 aromatic carbocycles. The van der Waals surface area contributed by atoms with Crippen LogP contribution in [0.2, 0.25) is 0 Å². The fourth-order valence-corrected chi connectivity index (χ4v) is 2.68. The zero-order valence-electron chi connectivity index (χ0n) is 10.8. The Hall–Kier alpha value is -3.15. The maximum atomic E-state index is 12.3. The molecular weight excluding hydrogens is 270 g/mol. The summed E-state index contributed by atoms with van der Waals surface area (Å²) >= 11 is 0. The van der Waals surface area contributed by atoms with Crippen LogP contribution >= 0.6 is 0 Å². The Labute approximate surface area is 117 Å². The highest BCUT2D eigenvalue weighted by atomic mass is 16.6. The van der Waals surface area contributed by atoms with Gasteiger partial charge in [-0.25, -0.2) is 9.03 Å². The lowest BCUT2D eigenvalue weighted by Gasteiger charge is -2.04. The van der Waals surface area contributed by atoms with Gasteiger partial charge in [0.2, 0.25) is 0 Å². The van der Waals surface area contributed by atoms with E-state index in [9.17, 15) is 14.9 Å². The largest absolute Gasteiger partial charge is 0.279 e. The summed E-state index contributed by atoms with van der Waals surface area (Å²) in [6, 6.07) is 13.6. The van der Waals surface area contributed by atoms with Gasteiger partial charge in [0.05, 0.1) is 21.3 Å². The van der Waals surface area contributed by atoms with E-state index in [1.165, 1.54) is 16.6 Å². The Kier molecular flexibility index (Phi) is 2.18. The molecule has 0 amide bonds. The Balaban J connectivity index is 2.26. The lowest BCUT2D eigenvalue weighted by molar-refractivity contribution is -0.384. The summed E-state index contributed by atoms with van der Waals surface area (Å²) in [5, 5.41) is 12.2. The maximum absolute atomic E-state index is 12.3. The molecule has 6 heteroatoms. The van der Waals surface area contributed by atoms with Gasteiger partial charge in [-0.1, -0.05) is 12.1 Å². The molecule has 0 radical (unpaired) electrons. The zero-order chi connectivity index (χ0) is 14.6. The smallest absolute Gasteiger partial charge is 0.267 e. The molecule has 0 fully saturated rings. The van der Waals surface area contributed by atoms with E-state index in [-0.39, 0.29) is 11.2 Å². The van der Waals surface area contributed by atoms with Gasteiger partial charge in [-0.3, -0.25) is 14.9 Å². The molecule has 0 atom stereocenters.